The van der Waals surface area contributed by atoms with Gasteiger partial charge in [0, 0.05) is 5.92 Å². The van der Waals surface area contributed by atoms with Crippen molar-refractivity contribution in [2.45, 2.75) is 47.0 Å². The molecule has 0 aromatic rings. The largest absolute Gasteiger partial charge is 0.298 e. The molecule has 1 nitrogen and oxygen atoms in total. The van der Waals surface area contributed by atoms with Gasteiger partial charge in [-0.05, 0) is 25.2 Å². The van der Waals surface area contributed by atoms with Gasteiger partial charge in [0.2, 0.25) is 0 Å². The Bertz CT molecular complexity index is 301. The van der Waals surface area contributed by atoms with Crippen LogP contribution in [0.25, 0.3) is 0 Å². The van der Waals surface area contributed by atoms with Crippen molar-refractivity contribution in [1.29, 1.82) is 0 Å². The van der Waals surface area contributed by atoms with Crippen LogP contribution >= 0.6 is 0 Å². The lowest BCUT2D eigenvalue weighted by Gasteiger charge is -2.15. The van der Waals surface area contributed by atoms with Gasteiger partial charge in [0.15, 0.2) is 0 Å². The van der Waals surface area contributed by atoms with E-state index in [1.807, 2.05) is 13.8 Å². The molecule has 0 aliphatic heterocycles. The van der Waals surface area contributed by atoms with Crippen molar-refractivity contribution >= 4 is 5.78 Å². The Labute approximate surface area is 99.6 Å². The number of rotatable bonds is 3. The van der Waals surface area contributed by atoms with Crippen LogP contribution < -0.4 is 0 Å². The standard InChI is InChI=1S/C13H18O.C2H6/c1-3-10(2)12(14)13-8-6-4-5-7-11(13)9-13;1-2/h5-8,10-11H,3-4,9H2,1-2H3;1-2H3. The molecular weight excluding hydrogens is 196 g/mol. The van der Waals surface area contributed by atoms with Crippen LogP contribution in [0.3, 0.4) is 0 Å². The Morgan fingerprint density at radius 1 is 1.44 bits per heavy atom. The van der Waals surface area contributed by atoms with Crippen molar-refractivity contribution in [3.05, 3.63) is 24.3 Å². The molecule has 2 aliphatic rings. The predicted molar refractivity (Wildman–Crippen MR) is 69.2 cm³/mol. The van der Waals surface area contributed by atoms with E-state index < -0.39 is 0 Å². The van der Waals surface area contributed by atoms with Crippen LogP contribution in [0.4, 0.5) is 0 Å². The number of hydrogen-bond donors (Lipinski definition) is 0. The van der Waals surface area contributed by atoms with Crippen LogP contribution in [0, 0.1) is 17.3 Å². The zero-order valence-corrected chi connectivity index (χ0v) is 11.0. The first-order valence-corrected chi connectivity index (χ1v) is 6.59. The molecule has 2 aliphatic carbocycles. The highest BCUT2D eigenvalue weighted by molar-refractivity contribution is 5.92. The minimum atomic E-state index is -0.0948. The Balaban J connectivity index is 0.000000606. The van der Waals surface area contributed by atoms with Gasteiger partial charge in [0.1, 0.15) is 5.78 Å². The fraction of sp³-hybridized carbons (Fsp3) is 0.667. The van der Waals surface area contributed by atoms with Gasteiger partial charge in [-0.1, -0.05) is 52.0 Å². The first-order valence-electron chi connectivity index (χ1n) is 6.59. The molecule has 3 atom stereocenters. The first-order chi connectivity index (χ1) is 7.70. The lowest BCUT2D eigenvalue weighted by Crippen LogP contribution is -2.22. The fourth-order valence-electron chi connectivity index (χ4n) is 2.35. The second-order valence-corrected chi connectivity index (χ2v) is 4.59. The van der Waals surface area contributed by atoms with Crippen LogP contribution in [0.5, 0.6) is 0 Å². The average Bonchev–Trinajstić information content (AvgIpc) is 3.04. The summed E-state index contributed by atoms with van der Waals surface area (Å²) >= 11 is 0. The quantitative estimate of drug-likeness (QED) is 0.653. The van der Waals surface area contributed by atoms with E-state index in [2.05, 4.69) is 38.2 Å². The maximum Gasteiger partial charge on any atom is 0.146 e. The molecule has 0 N–H and O–H groups in total. The van der Waals surface area contributed by atoms with Crippen LogP contribution in [0.1, 0.15) is 47.0 Å². The summed E-state index contributed by atoms with van der Waals surface area (Å²) in [5.41, 5.74) is -0.0948. The molecule has 0 heterocycles. The number of carbonyl (C=O) groups is 1. The van der Waals surface area contributed by atoms with Gasteiger partial charge in [-0.3, -0.25) is 4.79 Å². The Kier molecular flexibility index (Phi) is 4.52. The Hall–Kier alpha value is -0.850. The van der Waals surface area contributed by atoms with Crippen molar-refractivity contribution in [3.63, 3.8) is 0 Å². The summed E-state index contributed by atoms with van der Waals surface area (Å²) in [5, 5.41) is 0. The van der Waals surface area contributed by atoms with Gasteiger partial charge in [-0.2, -0.15) is 0 Å². The van der Waals surface area contributed by atoms with Crippen molar-refractivity contribution in [1.82, 2.24) is 0 Å². The van der Waals surface area contributed by atoms with E-state index in [-0.39, 0.29) is 11.3 Å². The number of Topliss-reactive ketones (excluding diaryl/α,β-unsaturated/α-hetero) is 1. The highest BCUT2D eigenvalue weighted by Crippen LogP contribution is 2.57. The summed E-state index contributed by atoms with van der Waals surface area (Å²) < 4.78 is 0. The third kappa shape index (κ3) is 2.28. The molecule has 0 aromatic heterocycles. The van der Waals surface area contributed by atoms with E-state index in [9.17, 15) is 4.79 Å². The average molecular weight is 220 g/mol. The monoisotopic (exact) mass is 220 g/mol. The molecule has 1 saturated carbocycles. The van der Waals surface area contributed by atoms with Gasteiger partial charge in [0.05, 0.1) is 5.41 Å². The molecule has 0 spiro atoms. The number of hydrogen-bond acceptors (Lipinski definition) is 1. The first kappa shape index (κ1) is 13.2. The van der Waals surface area contributed by atoms with E-state index in [0.29, 0.717) is 11.7 Å². The topological polar surface area (TPSA) is 17.1 Å². The number of ketones is 1. The molecule has 2 rings (SSSR count). The lowest BCUT2D eigenvalue weighted by molar-refractivity contribution is -0.126. The van der Waals surface area contributed by atoms with E-state index in [1.54, 1.807) is 0 Å². The molecule has 0 amide bonds. The second-order valence-electron chi connectivity index (χ2n) is 4.59. The van der Waals surface area contributed by atoms with E-state index >= 15 is 0 Å². The van der Waals surface area contributed by atoms with Crippen molar-refractivity contribution in [2.24, 2.45) is 17.3 Å². The number of fused-ring (bicyclic) bond motifs is 1. The molecule has 0 aromatic carbocycles. The van der Waals surface area contributed by atoms with Crippen LogP contribution in [-0.2, 0) is 4.79 Å². The van der Waals surface area contributed by atoms with Crippen LogP contribution in [-0.4, -0.2) is 5.78 Å². The fourth-order valence-corrected chi connectivity index (χ4v) is 2.35. The molecular formula is C15H24O. The highest BCUT2D eigenvalue weighted by atomic mass is 16.1. The maximum absolute atomic E-state index is 12.2. The van der Waals surface area contributed by atoms with Gasteiger partial charge in [0.25, 0.3) is 0 Å². The Morgan fingerprint density at radius 2 is 2.12 bits per heavy atom. The molecule has 1 heteroatoms. The smallest absolute Gasteiger partial charge is 0.146 e. The molecule has 16 heavy (non-hydrogen) atoms. The van der Waals surface area contributed by atoms with Gasteiger partial charge < -0.3 is 0 Å². The molecule has 90 valence electrons. The Morgan fingerprint density at radius 3 is 2.75 bits per heavy atom. The lowest BCUT2D eigenvalue weighted by atomic mass is 9.87. The third-order valence-corrected chi connectivity index (χ3v) is 3.63. The van der Waals surface area contributed by atoms with Crippen LogP contribution in [0.15, 0.2) is 24.3 Å². The SMILES string of the molecule is CC.CCC(C)C(=O)C12C=CCC=CC1C2. The maximum atomic E-state index is 12.2. The normalized spacial score (nSPS) is 31.9. The number of allylic oxidation sites excluding steroid dienone is 4. The van der Waals surface area contributed by atoms with Gasteiger partial charge >= 0.3 is 0 Å². The van der Waals surface area contributed by atoms with Gasteiger partial charge in [-0.25, -0.2) is 0 Å². The summed E-state index contributed by atoms with van der Waals surface area (Å²) in [6, 6.07) is 0. The summed E-state index contributed by atoms with van der Waals surface area (Å²) in [6.07, 6.45) is 11.7. The molecule has 1 fully saturated rings. The minimum absolute atomic E-state index is 0.0948. The van der Waals surface area contributed by atoms with Gasteiger partial charge in [-0.15, -0.1) is 0 Å². The van der Waals surface area contributed by atoms with Crippen molar-refractivity contribution in [2.75, 3.05) is 0 Å². The molecule has 0 bridgehead atoms. The molecule has 3 unspecified atom stereocenters. The van der Waals surface area contributed by atoms with Crippen LogP contribution in [0.2, 0.25) is 0 Å². The highest BCUT2D eigenvalue weighted by Gasteiger charge is 2.56. The minimum Gasteiger partial charge on any atom is -0.298 e. The zero-order valence-electron chi connectivity index (χ0n) is 11.0. The second kappa shape index (κ2) is 5.47. The third-order valence-electron chi connectivity index (χ3n) is 3.63. The summed E-state index contributed by atoms with van der Waals surface area (Å²) in [6.45, 7) is 8.14. The van der Waals surface area contributed by atoms with E-state index in [4.69, 9.17) is 0 Å². The van der Waals surface area contributed by atoms with Crippen molar-refractivity contribution in [3.8, 4) is 0 Å². The number of carbonyl (C=O) groups excluding carboxylic acids is 1. The zero-order chi connectivity index (χ0) is 12.2. The molecule has 0 saturated heterocycles. The van der Waals surface area contributed by atoms with E-state index in [0.717, 1.165) is 19.3 Å². The van der Waals surface area contributed by atoms with Crippen molar-refractivity contribution < 1.29 is 4.79 Å². The summed E-state index contributed by atoms with van der Waals surface area (Å²) in [7, 11) is 0. The predicted octanol–water partition coefficient (Wildman–Crippen LogP) is 4.15. The van der Waals surface area contributed by atoms with E-state index in [1.165, 1.54) is 0 Å². The molecule has 0 radical (unpaired) electrons. The summed E-state index contributed by atoms with van der Waals surface area (Å²) in [4.78, 5) is 12.2. The summed E-state index contributed by atoms with van der Waals surface area (Å²) in [5.74, 6) is 1.17.